The molecule has 0 saturated heterocycles. The minimum atomic E-state index is -0.888. The minimum Gasteiger partial charge on any atom is -0.478 e. The van der Waals surface area contributed by atoms with Gasteiger partial charge >= 0.3 is 5.97 Å². The van der Waals surface area contributed by atoms with Crippen molar-refractivity contribution in [2.24, 2.45) is 0 Å². The van der Waals surface area contributed by atoms with E-state index in [1.807, 2.05) is 13.8 Å². The Morgan fingerprint density at radius 3 is 2.08 bits per heavy atom. The van der Waals surface area contributed by atoms with Crippen LogP contribution in [-0.2, 0) is 0 Å². The Morgan fingerprint density at radius 2 is 1.75 bits per heavy atom. The van der Waals surface area contributed by atoms with Gasteiger partial charge in [-0.25, -0.2) is 4.79 Å². The molecule has 0 unspecified atom stereocenters. The van der Waals surface area contributed by atoms with Gasteiger partial charge in [-0.1, -0.05) is 0 Å². The van der Waals surface area contributed by atoms with Crippen LogP contribution in [0.3, 0.4) is 0 Å². The molecule has 0 saturated carbocycles. The maximum atomic E-state index is 10.6. The lowest BCUT2D eigenvalue weighted by atomic mass is 10.0. The molecule has 0 aromatic heterocycles. The molecule has 0 aliphatic heterocycles. The second kappa shape index (κ2) is 2.97. The van der Waals surface area contributed by atoms with Gasteiger partial charge in [-0.3, -0.25) is 0 Å². The highest BCUT2D eigenvalue weighted by atomic mass is 16.4. The van der Waals surface area contributed by atoms with Crippen molar-refractivity contribution < 1.29 is 9.90 Å². The zero-order chi connectivity index (χ0) is 9.30. The quantitative estimate of drug-likeness (QED) is 0.689. The van der Waals surface area contributed by atoms with Crippen LogP contribution in [0, 0.1) is 20.8 Å². The van der Waals surface area contributed by atoms with Crippen LogP contribution < -0.4 is 0 Å². The van der Waals surface area contributed by atoms with E-state index < -0.39 is 5.97 Å². The molecule has 0 bridgehead atoms. The molecule has 63 valence electrons. The van der Waals surface area contributed by atoms with E-state index in [9.17, 15) is 4.79 Å². The molecule has 1 aromatic carbocycles. The highest BCUT2D eigenvalue weighted by Gasteiger charge is 2.05. The third-order valence-corrected chi connectivity index (χ3v) is 1.94. The first-order valence-corrected chi connectivity index (χ1v) is 3.69. The van der Waals surface area contributed by atoms with Crippen LogP contribution in [0.1, 0.15) is 27.0 Å². The second-order valence-electron chi connectivity index (χ2n) is 2.89. The highest BCUT2D eigenvalue weighted by molar-refractivity contribution is 5.88. The maximum absolute atomic E-state index is 10.6. The average Bonchev–Trinajstić information content (AvgIpc) is 1.99. The van der Waals surface area contributed by atoms with Crippen LogP contribution in [0.25, 0.3) is 0 Å². The number of hydrogen-bond acceptors (Lipinski definition) is 1. The third kappa shape index (κ3) is 1.47. The van der Waals surface area contributed by atoms with Gasteiger partial charge in [0.05, 0.1) is 5.56 Å². The number of aromatic carboxylic acids is 1. The number of aryl methyl sites for hydroxylation is 2. The zero-order valence-corrected chi connectivity index (χ0v) is 7.22. The first-order chi connectivity index (χ1) is 5.52. The molecular weight excluding hydrogens is 152 g/mol. The molecule has 2 nitrogen and oxygen atoms in total. The Bertz CT molecular complexity index is 304. The second-order valence-corrected chi connectivity index (χ2v) is 2.89. The van der Waals surface area contributed by atoms with Crippen molar-refractivity contribution in [3.05, 3.63) is 41.3 Å². The SMILES string of the molecule is [CH2]c1c(C)cc(C(=O)O)cc1C. The standard InChI is InChI=1S/C10H11O2/c1-6-4-9(10(11)12)5-7(2)8(6)3/h4-5H,3H2,1-2H3,(H,11,12). The van der Waals surface area contributed by atoms with Gasteiger partial charge in [-0.2, -0.15) is 0 Å². The van der Waals surface area contributed by atoms with Gasteiger partial charge in [0.25, 0.3) is 0 Å². The molecule has 0 fully saturated rings. The Morgan fingerprint density at radius 1 is 1.33 bits per heavy atom. The summed E-state index contributed by atoms with van der Waals surface area (Å²) in [6.45, 7) is 7.55. The van der Waals surface area contributed by atoms with E-state index >= 15 is 0 Å². The number of rotatable bonds is 1. The van der Waals surface area contributed by atoms with Crippen LogP contribution in [0.2, 0.25) is 0 Å². The van der Waals surface area contributed by atoms with Crippen molar-refractivity contribution in [1.29, 1.82) is 0 Å². The van der Waals surface area contributed by atoms with Crippen molar-refractivity contribution >= 4 is 5.97 Å². The van der Waals surface area contributed by atoms with Crippen LogP contribution in [0.4, 0.5) is 0 Å². The molecule has 1 radical (unpaired) electrons. The molecule has 0 aliphatic carbocycles. The van der Waals surface area contributed by atoms with Gasteiger partial charge < -0.3 is 5.11 Å². The predicted octanol–water partition coefficient (Wildman–Crippen LogP) is 2.18. The molecule has 0 amide bonds. The summed E-state index contributed by atoms with van der Waals surface area (Å²) in [5, 5.41) is 8.70. The van der Waals surface area contributed by atoms with Gasteiger partial charge in [0.2, 0.25) is 0 Å². The molecule has 0 aliphatic rings. The molecular formula is C10H11O2. The van der Waals surface area contributed by atoms with Crippen molar-refractivity contribution in [1.82, 2.24) is 0 Å². The minimum absolute atomic E-state index is 0.331. The smallest absolute Gasteiger partial charge is 0.335 e. The van der Waals surface area contributed by atoms with E-state index in [0.717, 1.165) is 16.7 Å². The van der Waals surface area contributed by atoms with E-state index in [0.29, 0.717) is 5.56 Å². The van der Waals surface area contributed by atoms with E-state index in [4.69, 9.17) is 5.11 Å². The lowest BCUT2D eigenvalue weighted by Gasteiger charge is -2.05. The lowest BCUT2D eigenvalue weighted by molar-refractivity contribution is 0.0696. The Balaban J connectivity index is 3.31. The molecule has 1 N–H and O–H groups in total. The van der Waals surface area contributed by atoms with E-state index in [1.165, 1.54) is 0 Å². The Hall–Kier alpha value is -1.31. The summed E-state index contributed by atoms with van der Waals surface area (Å²) < 4.78 is 0. The fraction of sp³-hybridized carbons (Fsp3) is 0.200. The summed E-state index contributed by atoms with van der Waals surface area (Å²) in [4.78, 5) is 10.6. The van der Waals surface area contributed by atoms with Gasteiger partial charge in [0.15, 0.2) is 0 Å². The fourth-order valence-corrected chi connectivity index (χ4v) is 1.12. The summed E-state index contributed by atoms with van der Waals surface area (Å²) in [7, 11) is 0. The fourth-order valence-electron chi connectivity index (χ4n) is 1.12. The molecule has 0 atom stereocenters. The Labute approximate surface area is 71.8 Å². The van der Waals surface area contributed by atoms with Gasteiger partial charge in [-0.05, 0) is 49.6 Å². The first-order valence-electron chi connectivity index (χ1n) is 3.69. The molecule has 12 heavy (non-hydrogen) atoms. The van der Waals surface area contributed by atoms with Gasteiger partial charge in [0, 0.05) is 0 Å². The first kappa shape index (κ1) is 8.78. The number of carboxylic acid groups (broad SMARTS) is 1. The van der Waals surface area contributed by atoms with Crippen LogP contribution in [0.5, 0.6) is 0 Å². The summed E-state index contributed by atoms with van der Waals surface area (Å²) >= 11 is 0. The largest absolute Gasteiger partial charge is 0.478 e. The van der Waals surface area contributed by atoms with Crippen LogP contribution >= 0.6 is 0 Å². The van der Waals surface area contributed by atoms with E-state index in [2.05, 4.69) is 6.92 Å². The summed E-state index contributed by atoms with van der Waals surface area (Å²) in [5.41, 5.74) is 3.09. The van der Waals surface area contributed by atoms with Crippen LogP contribution in [-0.4, -0.2) is 11.1 Å². The molecule has 1 rings (SSSR count). The lowest BCUT2D eigenvalue weighted by Crippen LogP contribution is -1.99. The third-order valence-electron chi connectivity index (χ3n) is 1.94. The van der Waals surface area contributed by atoms with Crippen molar-refractivity contribution in [3.63, 3.8) is 0 Å². The predicted molar refractivity (Wildman–Crippen MR) is 47.3 cm³/mol. The van der Waals surface area contributed by atoms with E-state index in [1.54, 1.807) is 12.1 Å². The molecule has 0 spiro atoms. The highest BCUT2D eigenvalue weighted by Crippen LogP contribution is 2.14. The summed E-state index contributed by atoms with van der Waals surface area (Å²) in [6, 6.07) is 3.27. The van der Waals surface area contributed by atoms with Gasteiger partial charge in [-0.15, -0.1) is 0 Å². The van der Waals surface area contributed by atoms with Crippen molar-refractivity contribution in [2.75, 3.05) is 0 Å². The molecule has 2 heteroatoms. The summed E-state index contributed by atoms with van der Waals surface area (Å²) in [6.07, 6.45) is 0. The number of hydrogen-bond donors (Lipinski definition) is 1. The van der Waals surface area contributed by atoms with Gasteiger partial charge in [0.1, 0.15) is 0 Å². The normalized spacial score (nSPS) is 9.92. The average molecular weight is 163 g/mol. The monoisotopic (exact) mass is 163 g/mol. The number of carbonyl (C=O) groups is 1. The number of carboxylic acids is 1. The Kier molecular flexibility index (Phi) is 2.18. The van der Waals surface area contributed by atoms with E-state index in [-0.39, 0.29) is 0 Å². The molecule has 0 heterocycles. The maximum Gasteiger partial charge on any atom is 0.335 e. The summed E-state index contributed by atoms with van der Waals surface area (Å²) in [5.74, 6) is -0.888. The van der Waals surface area contributed by atoms with Crippen molar-refractivity contribution in [3.8, 4) is 0 Å². The zero-order valence-electron chi connectivity index (χ0n) is 7.22. The number of benzene rings is 1. The topological polar surface area (TPSA) is 37.3 Å². The van der Waals surface area contributed by atoms with Crippen LogP contribution in [0.15, 0.2) is 12.1 Å². The van der Waals surface area contributed by atoms with Crippen molar-refractivity contribution in [2.45, 2.75) is 13.8 Å². The molecule has 1 aromatic rings.